The average molecular weight is 446 g/mol. The van der Waals surface area contributed by atoms with E-state index in [1.165, 1.54) is 11.3 Å². The molecule has 2 N–H and O–H groups in total. The number of imide groups is 1. The number of carbonyl (C=O) groups is 3. The molecule has 1 saturated heterocycles. The average Bonchev–Trinajstić information content (AvgIpc) is 3.24. The van der Waals surface area contributed by atoms with Crippen molar-refractivity contribution in [3.05, 3.63) is 70.8 Å². The molecule has 4 amide bonds. The van der Waals surface area contributed by atoms with Crippen LogP contribution >= 0.6 is 0 Å². The van der Waals surface area contributed by atoms with Crippen LogP contribution in [0.3, 0.4) is 0 Å². The maximum Gasteiger partial charge on any atom is 0.326 e. The fourth-order valence-corrected chi connectivity index (χ4v) is 5.57. The van der Waals surface area contributed by atoms with Gasteiger partial charge in [0.05, 0.1) is 0 Å². The predicted molar refractivity (Wildman–Crippen MR) is 125 cm³/mol. The smallest absolute Gasteiger partial charge is 0.326 e. The van der Waals surface area contributed by atoms with E-state index < -0.39 is 17.6 Å². The van der Waals surface area contributed by atoms with Crippen molar-refractivity contribution in [3.63, 3.8) is 0 Å². The van der Waals surface area contributed by atoms with E-state index in [-0.39, 0.29) is 17.9 Å². The van der Waals surface area contributed by atoms with Crippen LogP contribution < -0.4 is 10.6 Å². The minimum absolute atomic E-state index is 0.0209. The standard InChI is InChI=1S/C27H31N3O3/c1-17-8-3-4-10-21(17)16-23(24(31)28-18(2)19-11-7-12-19)30-25(32)27(29-26(30)33)15-14-20-9-5-6-13-22(20)27/h3-6,8-10,13,18-19,23H,7,11-12,14-16H2,1-2H3,(H,28,31)(H,29,33)/t18-,23?,27-/m0/s1. The molecule has 2 aliphatic carbocycles. The molecule has 1 unspecified atom stereocenters. The summed E-state index contributed by atoms with van der Waals surface area (Å²) in [7, 11) is 0. The molecule has 6 nitrogen and oxygen atoms in total. The Hall–Kier alpha value is -3.15. The molecule has 1 aliphatic heterocycles. The van der Waals surface area contributed by atoms with Crippen LogP contribution in [0.15, 0.2) is 48.5 Å². The molecule has 5 rings (SSSR count). The van der Waals surface area contributed by atoms with E-state index in [1.807, 2.05) is 62.4 Å². The highest BCUT2D eigenvalue weighted by Crippen LogP contribution is 2.42. The summed E-state index contributed by atoms with van der Waals surface area (Å²) in [4.78, 5) is 41.9. The van der Waals surface area contributed by atoms with Gasteiger partial charge < -0.3 is 10.6 Å². The van der Waals surface area contributed by atoms with Gasteiger partial charge in [-0.1, -0.05) is 55.0 Å². The largest absolute Gasteiger partial charge is 0.352 e. The Morgan fingerprint density at radius 2 is 1.88 bits per heavy atom. The number of hydrogen-bond donors (Lipinski definition) is 2. The molecule has 2 aromatic rings. The minimum Gasteiger partial charge on any atom is -0.352 e. The molecule has 0 aromatic heterocycles. The van der Waals surface area contributed by atoms with Crippen LogP contribution in [0.4, 0.5) is 4.79 Å². The SMILES string of the molecule is Cc1ccccc1CC(C(=O)N[C@@H](C)C1CCC1)N1C(=O)N[C@]2(CCc3ccccc32)C1=O. The monoisotopic (exact) mass is 445 g/mol. The van der Waals surface area contributed by atoms with Crippen LogP contribution in [-0.4, -0.2) is 34.8 Å². The molecule has 33 heavy (non-hydrogen) atoms. The Kier molecular flexibility index (Phi) is 5.47. The highest BCUT2D eigenvalue weighted by Gasteiger charge is 2.57. The summed E-state index contributed by atoms with van der Waals surface area (Å²) in [6.07, 6.45) is 4.94. The van der Waals surface area contributed by atoms with Gasteiger partial charge in [-0.15, -0.1) is 0 Å². The molecule has 1 saturated carbocycles. The Labute approximate surface area is 194 Å². The second-order valence-corrected chi connectivity index (χ2v) is 9.80. The zero-order chi connectivity index (χ0) is 23.2. The van der Waals surface area contributed by atoms with Gasteiger partial charge in [0, 0.05) is 12.5 Å². The molecular weight excluding hydrogens is 414 g/mol. The molecule has 6 heteroatoms. The Morgan fingerprint density at radius 1 is 1.15 bits per heavy atom. The summed E-state index contributed by atoms with van der Waals surface area (Å²) in [6.45, 7) is 4.01. The van der Waals surface area contributed by atoms with Crippen molar-refractivity contribution in [1.82, 2.24) is 15.5 Å². The molecule has 1 spiro atoms. The number of carbonyl (C=O) groups excluding carboxylic acids is 3. The zero-order valence-electron chi connectivity index (χ0n) is 19.3. The number of hydrogen-bond acceptors (Lipinski definition) is 3. The number of rotatable bonds is 6. The van der Waals surface area contributed by atoms with Gasteiger partial charge in [0.15, 0.2) is 0 Å². The first-order valence-corrected chi connectivity index (χ1v) is 12.0. The lowest BCUT2D eigenvalue weighted by molar-refractivity contribution is -0.139. The van der Waals surface area contributed by atoms with Crippen molar-refractivity contribution in [2.45, 2.75) is 70.0 Å². The summed E-state index contributed by atoms with van der Waals surface area (Å²) in [5.41, 5.74) is 2.85. The van der Waals surface area contributed by atoms with Crippen molar-refractivity contribution < 1.29 is 14.4 Å². The lowest BCUT2D eigenvalue weighted by Crippen LogP contribution is -2.54. The van der Waals surface area contributed by atoms with Gasteiger partial charge in [0.25, 0.3) is 5.91 Å². The van der Waals surface area contributed by atoms with Gasteiger partial charge in [-0.05, 0) is 67.7 Å². The van der Waals surface area contributed by atoms with Crippen LogP contribution in [0.1, 0.15) is 54.9 Å². The third-order valence-corrected chi connectivity index (χ3v) is 7.89. The second kappa shape index (κ2) is 8.32. The molecular formula is C27H31N3O3. The molecule has 1 heterocycles. The van der Waals surface area contributed by atoms with E-state index in [0.29, 0.717) is 18.8 Å². The Balaban J connectivity index is 1.48. The molecule has 2 fully saturated rings. The van der Waals surface area contributed by atoms with Gasteiger partial charge in [0.2, 0.25) is 5.91 Å². The lowest BCUT2D eigenvalue weighted by Gasteiger charge is -2.34. The van der Waals surface area contributed by atoms with Crippen molar-refractivity contribution >= 4 is 17.8 Å². The van der Waals surface area contributed by atoms with Gasteiger partial charge in [0.1, 0.15) is 11.6 Å². The maximum atomic E-state index is 13.9. The van der Waals surface area contributed by atoms with Crippen LogP contribution in [0.25, 0.3) is 0 Å². The Morgan fingerprint density at radius 3 is 2.61 bits per heavy atom. The van der Waals surface area contributed by atoms with Gasteiger partial charge in [-0.3, -0.25) is 9.59 Å². The maximum absolute atomic E-state index is 13.9. The number of urea groups is 1. The first-order valence-electron chi connectivity index (χ1n) is 12.0. The topological polar surface area (TPSA) is 78.5 Å². The van der Waals surface area contributed by atoms with E-state index in [4.69, 9.17) is 0 Å². The van der Waals surface area contributed by atoms with Crippen LogP contribution in [-0.2, 0) is 28.0 Å². The molecule has 3 aliphatic rings. The zero-order valence-corrected chi connectivity index (χ0v) is 19.3. The third-order valence-electron chi connectivity index (χ3n) is 7.89. The molecule has 2 aromatic carbocycles. The fourth-order valence-electron chi connectivity index (χ4n) is 5.57. The van der Waals surface area contributed by atoms with Crippen LogP contribution in [0.2, 0.25) is 0 Å². The normalized spacial score (nSPS) is 23.8. The first-order chi connectivity index (χ1) is 15.9. The summed E-state index contributed by atoms with van der Waals surface area (Å²) in [6, 6.07) is 14.2. The van der Waals surface area contributed by atoms with Gasteiger partial charge in [-0.25, -0.2) is 9.69 Å². The van der Waals surface area contributed by atoms with Gasteiger partial charge in [-0.2, -0.15) is 0 Å². The van der Waals surface area contributed by atoms with Crippen LogP contribution in [0.5, 0.6) is 0 Å². The third kappa shape index (κ3) is 3.62. The lowest BCUT2D eigenvalue weighted by atomic mass is 9.80. The number of nitrogens with one attached hydrogen (secondary N) is 2. The van der Waals surface area contributed by atoms with Crippen LogP contribution in [0, 0.1) is 12.8 Å². The molecule has 172 valence electrons. The fraction of sp³-hybridized carbons (Fsp3) is 0.444. The van der Waals surface area contributed by atoms with Gasteiger partial charge >= 0.3 is 6.03 Å². The summed E-state index contributed by atoms with van der Waals surface area (Å²) in [5, 5.41) is 6.10. The summed E-state index contributed by atoms with van der Waals surface area (Å²) < 4.78 is 0. The summed E-state index contributed by atoms with van der Waals surface area (Å²) in [5.74, 6) is -0.115. The number of benzene rings is 2. The molecule has 0 radical (unpaired) electrons. The van der Waals surface area contributed by atoms with Crippen molar-refractivity contribution in [2.75, 3.05) is 0 Å². The highest BCUT2D eigenvalue weighted by molar-refractivity contribution is 6.10. The number of amides is 4. The molecule has 0 bridgehead atoms. The number of nitrogens with zero attached hydrogens (tertiary/aromatic N) is 1. The first kappa shape index (κ1) is 21.7. The second-order valence-electron chi connectivity index (χ2n) is 9.80. The van der Waals surface area contributed by atoms with Crippen molar-refractivity contribution in [2.24, 2.45) is 5.92 Å². The van der Waals surface area contributed by atoms with E-state index in [1.54, 1.807) is 0 Å². The van der Waals surface area contributed by atoms with Crippen molar-refractivity contribution in [1.29, 1.82) is 0 Å². The number of aryl methyl sites for hydroxylation is 2. The van der Waals surface area contributed by atoms with Crippen molar-refractivity contribution in [3.8, 4) is 0 Å². The highest BCUT2D eigenvalue weighted by atomic mass is 16.2. The van der Waals surface area contributed by atoms with E-state index >= 15 is 0 Å². The minimum atomic E-state index is -1.07. The molecule has 3 atom stereocenters. The van der Waals surface area contributed by atoms with E-state index in [9.17, 15) is 14.4 Å². The van der Waals surface area contributed by atoms with E-state index in [2.05, 4.69) is 10.6 Å². The van der Waals surface area contributed by atoms with E-state index in [0.717, 1.165) is 41.5 Å². The Bertz CT molecular complexity index is 1110. The number of fused-ring (bicyclic) bond motifs is 2. The predicted octanol–water partition coefficient (Wildman–Crippen LogP) is 3.60. The quantitative estimate of drug-likeness (QED) is 0.667. The summed E-state index contributed by atoms with van der Waals surface area (Å²) >= 11 is 0.